The summed E-state index contributed by atoms with van der Waals surface area (Å²) in [6, 6.07) is 16.7. The van der Waals surface area contributed by atoms with E-state index in [9.17, 15) is 9.90 Å². The first-order valence-electron chi connectivity index (χ1n) is 12.7. The predicted molar refractivity (Wildman–Crippen MR) is 154 cm³/mol. The van der Waals surface area contributed by atoms with Crippen LogP contribution in [0.4, 0.5) is 5.69 Å². The quantitative estimate of drug-likeness (QED) is 0.152. The van der Waals surface area contributed by atoms with Crippen LogP contribution in [0.25, 0.3) is 17.1 Å². The van der Waals surface area contributed by atoms with Gasteiger partial charge in [0.25, 0.3) is 5.91 Å². The van der Waals surface area contributed by atoms with E-state index in [2.05, 4.69) is 44.5 Å². The molecule has 0 atom stereocenters. The number of hydrazone groups is 1. The maximum absolute atomic E-state index is 12.6. The van der Waals surface area contributed by atoms with Gasteiger partial charge in [-0.05, 0) is 69.3 Å². The number of phenolic OH excluding ortho intramolecular Hbond substituents is 1. The number of hydrogen-bond donors (Lipinski definition) is 2. The molecule has 2 N–H and O–H groups in total. The molecule has 0 radical (unpaired) electrons. The summed E-state index contributed by atoms with van der Waals surface area (Å²) in [5, 5.41) is 23.6. The number of aromatic hydroxyl groups is 1. The van der Waals surface area contributed by atoms with Crippen LogP contribution in [-0.2, 0) is 4.79 Å². The topological polar surface area (TPSA) is 118 Å². The molecule has 0 aliphatic rings. The van der Waals surface area contributed by atoms with E-state index >= 15 is 0 Å². The van der Waals surface area contributed by atoms with Gasteiger partial charge in [0.15, 0.2) is 11.0 Å². The third kappa shape index (κ3) is 6.94. The number of hydrogen-bond acceptors (Lipinski definition) is 9. The Morgan fingerprint density at radius 1 is 1.13 bits per heavy atom. The van der Waals surface area contributed by atoms with Crippen molar-refractivity contribution in [2.45, 2.75) is 25.9 Å². The summed E-state index contributed by atoms with van der Waals surface area (Å²) in [6.45, 7) is 8.31. The van der Waals surface area contributed by atoms with Crippen molar-refractivity contribution in [2.75, 3.05) is 30.3 Å². The molecule has 2 heterocycles. The minimum absolute atomic E-state index is 0.0619. The monoisotopic (exact) mass is 545 g/mol. The molecule has 11 heteroatoms. The first-order valence-corrected chi connectivity index (χ1v) is 13.6. The van der Waals surface area contributed by atoms with Crippen LogP contribution in [0.1, 0.15) is 26.3 Å². The highest BCUT2D eigenvalue weighted by Gasteiger charge is 2.17. The molecule has 39 heavy (non-hydrogen) atoms. The number of anilines is 1. The smallest absolute Gasteiger partial charge is 0.250 e. The molecule has 4 rings (SSSR count). The van der Waals surface area contributed by atoms with Gasteiger partial charge in [0.2, 0.25) is 0 Å². The summed E-state index contributed by atoms with van der Waals surface area (Å²) in [5.74, 6) is 1.21. The third-order valence-electron chi connectivity index (χ3n) is 5.83. The van der Waals surface area contributed by atoms with E-state index < -0.39 is 0 Å². The summed E-state index contributed by atoms with van der Waals surface area (Å²) >= 11 is 1.24. The Labute approximate surface area is 231 Å². The number of ether oxygens (including phenoxy) is 1. The molecule has 2 aromatic heterocycles. The van der Waals surface area contributed by atoms with Crippen molar-refractivity contribution in [1.29, 1.82) is 0 Å². The van der Waals surface area contributed by atoms with Crippen LogP contribution in [-0.4, -0.2) is 62.4 Å². The Bertz CT molecular complexity index is 1400. The van der Waals surface area contributed by atoms with Gasteiger partial charge in [-0.15, -0.1) is 10.2 Å². The number of nitrogens with one attached hydrogen (secondary N) is 1. The van der Waals surface area contributed by atoms with E-state index in [1.54, 1.807) is 24.5 Å². The third-order valence-corrected chi connectivity index (χ3v) is 6.76. The number of phenols is 1. The molecule has 0 bridgehead atoms. The van der Waals surface area contributed by atoms with Gasteiger partial charge >= 0.3 is 0 Å². The molecule has 2 aromatic carbocycles. The largest absolute Gasteiger partial charge is 0.507 e. The van der Waals surface area contributed by atoms with Gasteiger partial charge in [0.1, 0.15) is 11.5 Å². The van der Waals surface area contributed by atoms with Gasteiger partial charge in [-0.1, -0.05) is 11.8 Å². The number of carbonyl (C=O) groups is 1. The number of carbonyl (C=O) groups excluding carboxylic acids is 1. The highest BCUT2D eigenvalue weighted by molar-refractivity contribution is 7.99. The molecule has 4 aromatic rings. The van der Waals surface area contributed by atoms with Crippen molar-refractivity contribution in [1.82, 2.24) is 25.2 Å². The van der Waals surface area contributed by atoms with Gasteiger partial charge in [0, 0.05) is 54.1 Å². The van der Waals surface area contributed by atoms with Crippen molar-refractivity contribution in [3.05, 3.63) is 72.6 Å². The maximum atomic E-state index is 12.6. The van der Waals surface area contributed by atoms with Gasteiger partial charge < -0.3 is 14.7 Å². The lowest BCUT2D eigenvalue weighted by molar-refractivity contribution is -0.118. The SMILES string of the molecule is CCOc1ccc(-n2c(SCC(=O)N/N=C/c3ccc(N(CC)CC)cc3O)nnc2-c2cccnc2)cc1. The van der Waals surface area contributed by atoms with Gasteiger partial charge in [-0.3, -0.25) is 14.3 Å². The summed E-state index contributed by atoms with van der Waals surface area (Å²) < 4.78 is 7.44. The normalized spacial score (nSPS) is 11.1. The molecule has 1 amide bonds. The van der Waals surface area contributed by atoms with Gasteiger partial charge in [-0.25, -0.2) is 5.43 Å². The molecule has 10 nitrogen and oxygen atoms in total. The van der Waals surface area contributed by atoms with Crippen molar-refractivity contribution in [3.63, 3.8) is 0 Å². The Morgan fingerprint density at radius 2 is 1.92 bits per heavy atom. The first kappa shape index (κ1) is 27.6. The van der Waals surface area contributed by atoms with E-state index in [-0.39, 0.29) is 17.4 Å². The number of amides is 1. The lowest BCUT2D eigenvalue weighted by Crippen LogP contribution is -2.21. The van der Waals surface area contributed by atoms with Crippen molar-refractivity contribution >= 4 is 29.6 Å². The fourth-order valence-electron chi connectivity index (χ4n) is 3.90. The Hall–Kier alpha value is -4.38. The summed E-state index contributed by atoms with van der Waals surface area (Å²) in [7, 11) is 0. The molecule has 0 saturated carbocycles. The van der Waals surface area contributed by atoms with Crippen LogP contribution in [0.15, 0.2) is 77.2 Å². The second-order valence-corrected chi connectivity index (χ2v) is 9.25. The number of nitrogens with zero attached hydrogens (tertiary/aromatic N) is 6. The Balaban J connectivity index is 1.45. The maximum Gasteiger partial charge on any atom is 0.250 e. The van der Waals surface area contributed by atoms with E-state index in [0.29, 0.717) is 23.2 Å². The number of benzene rings is 2. The van der Waals surface area contributed by atoms with Crippen LogP contribution in [0.2, 0.25) is 0 Å². The average Bonchev–Trinajstić information content (AvgIpc) is 3.39. The molecular formula is C28H31N7O3S. The summed E-state index contributed by atoms with van der Waals surface area (Å²) in [4.78, 5) is 18.9. The molecule has 0 saturated heterocycles. The Morgan fingerprint density at radius 3 is 2.59 bits per heavy atom. The Kier molecular flexibility index (Phi) is 9.52. The van der Waals surface area contributed by atoms with Gasteiger partial charge in [0.05, 0.1) is 18.6 Å². The van der Waals surface area contributed by atoms with Crippen LogP contribution in [0.5, 0.6) is 11.5 Å². The van der Waals surface area contributed by atoms with Crippen LogP contribution < -0.4 is 15.1 Å². The van der Waals surface area contributed by atoms with Crippen LogP contribution in [0, 0.1) is 0 Å². The fraction of sp³-hybridized carbons (Fsp3) is 0.250. The molecular weight excluding hydrogens is 514 g/mol. The fourth-order valence-corrected chi connectivity index (χ4v) is 4.64. The zero-order chi connectivity index (χ0) is 27.6. The van der Waals surface area contributed by atoms with Gasteiger partial charge in [-0.2, -0.15) is 5.10 Å². The number of aromatic nitrogens is 4. The van der Waals surface area contributed by atoms with E-state index in [4.69, 9.17) is 4.74 Å². The zero-order valence-corrected chi connectivity index (χ0v) is 22.9. The minimum atomic E-state index is -0.320. The second-order valence-electron chi connectivity index (χ2n) is 8.31. The minimum Gasteiger partial charge on any atom is -0.507 e. The molecule has 0 spiro atoms. The number of rotatable bonds is 12. The lowest BCUT2D eigenvalue weighted by Gasteiger charge is -2.21. The molecule has 0 aliphatic heterocycles. The highest BCUT2D eigenvalue weighted by Crippen LogP contribution is 2.28. The first-order chi connectivity index (χ1) is 19.0. The lowest BCUT2D eigenvalue weighted by atomic mass is 10.2. The average molecular weight is 546 g/mol. The number of pyridine rings is 1. The standard InChI is InChI=1S/C28H31N7O3S/c1-4-34(5-2)23-10-9-20(25(36)16-23)18-30-31-26(37)19-39-28-33-32-27(21-8-7-15-29-17-21)35(28)22-11-13-24(14-12-22)38-6-3/h7-18,36H,4-6,19H2,1-3H3,(H,31,37)/b30-18+. The van der Waals surface area contributed by atoms with E-state index in [0.717, 1.165) is 35.8 Å². The van der Waals surface area contributed by atoms with Crippen molar-refractivity contribution in [2.24, 2.45) is 5.10 Å². The van der Waals surface area contributed by atoms with E-state index in [1.165, 1.54) is 18.0 Å². The highest BCUT2D eigenvalue weighted by atomic mass is 32.2. The van der Waals surface area contributed by atoms with Crippen LogP contribution in [0.3, 0.4) is 0 Å². The predicted octanol–water partition coefficient (Wildman–Crippen LogP) is 4.52. The second kappa shape index (κ2) is 13.4. The molecule has 0 aliphatic carbocycles. The van der Waals surface area contributed by atoms with Crippen molar-refractivity contribution < 1.29 is 14.6 Å². The summed E-state index contributed by atoms with van der Waals surface area (Å²) in [6.07, 6.45) is 4.84. The van der Waals surface area contributed by atoms with E-state index in [1.807, 2.05) is 54.0 Å². The summed E-state index contributed by atoms with van der Waals surface area (Å²) in [5.41, 5.74) is 5.57. The molecule has 0 fully saturated rings. The zero-order valence-electron chi connectivity index (χ0n) is 22.1. The van der Waals surface area contributed by atoms with Crippen LogP contribution >= 0.6 is 11.8 Å². The van der Waals surface area contributed by atoms with Crippen molar-refractivity contribution in [3.8, 4) is 28.6 Å². The molecule has 202 valence electrons. The molecule has 0 unspecified atom stereocenters. The number of thioether (sulfide) groups is 1.